The lowest BCUT2D eigenvalue weighted by Crippen LogP contribution is -2.60. The second-order valence-corrected chi connectivity index (χ2v) is 8.04. The minimum absolute atomic E-state index is 0.0634. The molecule has 0 bridgehead atoms. The first-order chi connectivity index (χ1) is 15.9. The number of hydrogen-bond acceptors (Lipinski definition) is 10. The van der Waals surface area contributed by atoms with Crippen LogP contribution in [0.3, 0.4) is 0 Å². The Labute approximate surface area is 190 Å². The molecule has 0 spiro atoms. The van der Waals surface area contributed by atoms with Gasteiger partial charge in [0.2, 0.25) is 12.0 Å². The summed E-state index contributed by atoms with van der Waals surface area (Å²) in [4.78, 5) is 0. The van der Waals surface area contributed by atoms with Gasteiger partial charge < -0.3 is 49.2 Å². The van der Waals surface area contributed by atoms with E-state index in [-0.39, 0.29) is 11.7 Å². The summed E-state index contributed by atoms with van der Waals surface area (Å²) < 4.78 is 27.6. The third-order valence-corrected chi connectivity index (χ3v) is 6.03. The molecule has 0 amide bonds. The molecule has 2 heterocycles. The van der Waals surface area contributed by atoms with Gasteiger partial charge in [-0.15, -0.1) is 0 Å². The number of phenolic OH excluding ortho intramolecular Hbond substituents is 1. The largest absolute Gasteiger partial charge is 0.502 e. The minimum atomic E-state index is -1.52. The molecule has 5 N–H and O–H groups in total. The number of rotatable bonds is 6. The van der Waals surface area contributed by atoms with Gasteiger partial charge in [0.05, 0.1) is 27.4 Å². The number of fused-ring (bicyclic) bond motifs is 1. The van der Waals surface area contributed by atoms with Crippen molar-refractivity contribution in [3.05, 3.63) is 41.5 Å². The zero-order valence-electron chi connectivity index (χ0n) is 18.2. The lowest BCUT2D eigenvalue weighted by molar-refractivity contribution is -0.277. The summed E-state index contributed by atoms with van der Waals surface area (Å²) >= 11 is 0. The number of hydrogen-bond donors (Lipinski definition) is 5. The molecule has 180 valence electrons. The summed E-state index contributed by atoms with van der Waals surface area (Å²) in [6.07, 6.45) is -6.19. The first-order valence-electron chi connectivity index (χ1n) is 10.5. The highest BCUT2D eigenvalue weighted by molar-refractivity contribution is 5.56. The fourth-order valence-electron chi connectivity index (χ4n) is 4.19. The second kappa shape index (κ2) is 9.62. The number of methoxy groups -OCH3 is 2. The molecular weight excluding hydrogens is 436 g/mol. The van der Waals surface area contributed by atoms with Gasteiger partial charge in [-0.3, -0.25) is 0 Å². The zero-order chi connectivity index (χ0) is 23.7. The van der Waals surface area contributed by atoms with E-state index in [4.69, 9.17) is 23.7 Å². The Morgan fingerprint density at radius 1 is 1.00 bits per heavy atom. The van der Waals surface area contributed by atoms with Gasteiger partial charge in [-0.05, 0) is 24.1 Å². The predicted molar refractivity (Wildman–Crippen MR) is 114 cm³/mol. The maximum Gasteiger partial charge on any atom is 0.229 e. The van der Waals surface area contributed by atoms with Crippen LogP contribution in [-0.2, 0) is 11.2 Å². The normalized spacial score (nSPS) is 29.0. The fourth-order valence-corrected chi connectivity index (χ4v) is 4.19. The number of benzene rings is 2. The number of ether oxygens (including phenoxy) is 5. The van der Waals surface area contributed by atoms with Crippen LogP contribution in [0, 0.1) is 0 Å². The van der Waals surface area contributed by atoms with Crippen molar-refractivity contribution in [3.8, 4) is 28.7 Å². The van der Waals surface area contributed by atoms with Crippen LogP contribution in [0.15, 0.2) is 30.3 Å². The van der Waals surface area contributed by atoms with Crippen LogP contribution >= 0.6 is 0 Å². The van der Waals surface area contributed by atoms with E-state index in [9.17, 15) is 25.5 Å². The van der Waals surface area contributed by atoms with Crippen molar-refractivity contribution >= 4 is 0 Å². The topological polar surface area (TPSA) is 147 Å². The number of aliphatic hydroxyl groups excluding tert-OH is 4. The van der Waals surface area contributed by atoms with Crippen molar-refractivity contribution in [2.24, 2.45) is 0 Å². The van der Waals surface area contributed by atoms with Crippen LogP contribution in [0.1, 0.15) is 17.0 Å². The molecule has 2 aromatic carbocycles. The standard InChI is InChI=1S/C23H28O10/c1-29-15-6-5-14(22(30-2)19(15)26)12-7-11-3-4-13(8-16(11)31-10-12)32-23-21(28)20(27)18(25)17(9-24)33-23/h3-6,8,12,17-18,20-21,23-28H,7,9-10H2,1-2H3. The van der Waals surface area contributed by atoms with Crippen LogP contribution in [0.5, 0.6) is 28.7 Å². The maximum atomic E-state index is 10.4. The van der Waals surface area contributed by atoms with Crippen molar-refractivity contribution in [1.29, 1.82) is 0 Å². The molecule has 10 heteroatoms. The Hall–Kier alpha value is -2.76. The number of aliphatic hydroxyl groups is 4. The van der Waals surface area contributed by atoms with Crippen molar-refractivity contribution in [2.75, 3.05) is 27.4 Å². The Kier molecular flexibility index (Phi) is 6.82. The molecule has 1 fully saturated rings. The Balaban J connectivity index is 1.50. The third kappa shape index (κ3) is 4.40. The van der Waals surface area contributed by atoms with Gasteiger partial charge in [0.1, 0.15) is 35.9 Å². The summed E-state index contributed by atoms with van der Waals surface area (Å²) in [6.45, 7) is -0.206. The van der Waals surface area contributed by atoms with E-state index >= 15 is 0 Å². The van der Waals surface area contributed by atoms with E-state index in [2.05, 4.69) is 0 Å². The molecule has 0 radical (unpaired) electrons. The molecule has 10 nitrogen and oxygen atoms in total. The summed E-state index contributed by atoms with van der Waals surface area (Å²) in [5.74, 6) is 1.45. The third-order valence-electron chi connectivity index (χ3n) is 6.03. The molecule has 33 heavy (non-hydrogen) atoms. The molecule has 0 aromatic heterocycles. The molecule has 0 saturated carbocycles. The number of phenols is 1. The van der Waals surface area contributed by atoms with Gasteiger partial charge >= 0.3 is 0 Å². The van der Waals surface area contributed by atoms with Crippen LogP contribution in [0.25, 0.3) is 0 Å². The maximum absolute atomic E-state index is 10.4. The summed E-state index contributed by atoms with van der Waals surface area (Å²) in [5.41, 5.74) is 1.70. The van der Waals surface area contributed by atoms with Crippen LogP contribution in [0.2, 0.25) is 0 Å². The molecule has 1 saturated heterocycles. The van der Waals surface area contributed by atoms with Gasteiger partial charge in [-0.25, -0.2) is 0 Å². The first kappa shape index (κ1) is 23.4. The van der Waals surface area contributed by atoms with E-state index in [1.165, 1.54) is 14.2 Å². The van der Waals surface area contributed by atoms with Gasteiger partial charge in [-0.2, -0.15) is 0 Å². The first-order valence-corrected chi connectivity index (χ1v) is 10.5. The van der Waals surface area contributed by atoms with E-state index in [1.54, 1.807) is 18.2 Å². The quantitative estimate of drug-likeness (QED) is 0.405. The molecule has 2 aromatic rings. The van der Waals surface area contributed by atoms with Crippen LogP contribution in [-0.4, -0.2) is 83.7 Å². The molecule has 6 atom stereocenters. The van der Waals surface area contributed by atoms with Gasteiger partial charge in [0.15, 0.2) is 11.5 Å². The van der Waals surface area contributed by atoms with E-state index in [0.717, 1.165) is 11.1 Å². The zero-order valence-corrected chi connectivity index (χ0v) is 18.2. The van der Waals surface area contributed by atoms with E-state index in [0.29, 0.717) is 36.0 Å². The molecule has 6 unspecified atom stereocenters. The van der Waals surface area contributed by atoms with Gasteiger partial charge in [-0.1, -0.05) is 12.1 Å². The summed E-state index contributed by atoms with van der Waals surface area (Å²) in [6, 6.07) is 8.66. The van der Waals surface area contributed by atoms with E-state index < -0.39 is 37.3 Å². The van der Waals surface area contributed by atoms with Crippen molar-refractivity contribution < 1.29 is 49.2 Å². The van der Waals surface area contributed by atoms with Gasteiger partial charge in [0.25, 0.3) is 0 Å². The molecule has 0 aliphatic carbocycles. The Bertz CT molecular complexity index is 978. The predicted octanol–water partition coefficient (Wildman–Crippen LogP) is 0.307. The van der Waals surface area contributed by atoms with E-state index in [1.807, 2.05) is 12.1 Å². The van der Waals surface area contributed by atoms with Crippen molar-refractivity contribution in [3.63, 3.8) is 0 Å². The second-order valence-electron chi connectivity index (χ2n) is 8.04. The highest BCUT2D eigenvalue weighted by Crippen LogP contribution is 2.44. The van der Waals surface area contributed by atoms with Crippen molar-refractivity contribution in [2.45, 2.75) is 43.0 Å². The summed E-state index contributed by atoms with van der Waals surface area (Å²) in [7, 11) is 2.95. The average molecular weight is 464 g/mol. The molecule has 4 rings (SSSR count). The van der Waals surface area contributed by atoms with Crippen LogP contribution in [0.4, 0.5) is 0 Å². The Morgan fingerprint density at radius 2 is 1.79 bits per heavy atom. The number of aromatic hydroxyl groups is 1. The van der Waals surface area contributed by atoms with Gasteiger partial charge in [0, 0.05) is 17.5 Å². The SMILES string of the molecule is COc1ccc(C2COc3cc(OC4OC(CO)C(O)C(O)C4O)ccc3C2)c(OC)c1O. The lowest BCUT2D eigenvalue weighted by atomic mass is 9.89. The monoisotopic (exact) mass is 464 g/mol. The molecular formula is C23H28O10. The fraction of sp³-hybridized carbons (Fsp3) is 0.478. The smallest absolute Gasteiger partial charge is 0.229 e. The molecule has 2 aliphatic rings. The van der Waals surface area contributed by atoms with Crippen LogP contribution < -0.4 is 18.9 Å². The summed E-state index contributed by atoms with van der Waals surface area (Å²) in [5, 5.41) is 49.7. The highest BCUT2D eigenvalue weighted by atomic mass is 16.7. The molecule has 2 aliphatic heterocycles. The Morgan fingerprint density at radius 3 is 2.48 bits per heavy atom. The van der Waals surface area contributed by atoms with Crippen molar-refractivity contribution in [1.82, 2.24) is 0 Å². The minimum Gasteiger partial charge on any atom is -0.502 e. The average Bonchev–Trinajstić information content (AvgIpc) is 2.83. The highest BCUT2D eigenvalue weighted by Gasteiger charge is 2.44. The lowest BCUT2D eigenvalue weighted by Gasteiger charge is -2.39.